The summed E-state index contributed by atoms with van der Waals surface area (Å²) in [6, 6.07) is 5.96. The van der Waals surface area contributed by atoms with Crippen molar-refractivity contribution in [2.45, 2.75) is 0 Å². The molecule has 2 N–H and O–H groups in total. The second-order valence-corrected chi connectivity index (χ2v) is 3.00. The fourth-order valence-electron chi connectivity index (χ4n) is 0.983. The molecule has 0 aliphatic rings. The zero-order valence-corrected chi connectivity index (χ0v) is 6.19. The molecule has 2 heteroatoms. The van der Waals surface area contributed by atoms with Gasteiger partial charge in [0.25, 0.3) is 0 Å². The van der Waals surface area contributed by atoms with Crippen molar-refractivity contribution in [1.82, 2.24) is 0 Å². The maximum absolute atomic E-state index is 5.59. The van der Waals surface area contributed by atoms with E-state index in [4.69, 9.17) is 5.73 Å². The van der Waals surface area contributed by atoms with Crippen LogP contribution in [0.3, 0.4) is 0 Å². The van der Waals surface area contributed by atoms with Gasteiger partial charge in [-0.25, -0.2) is 0 Å². The van der Waals surface area contributed by atoms with E-state index in [9.17, 15) is 0 Å². The highest BCUT2D eigenvalue weighted by atomic mass is 32.1. The third-order valence-corrected chi connectivity index (χ3v) is 2.28. The molecule has 1 heterocycles. The van der Waals surface area contributed by atoms with E-state index in [1.165, 1.54) is 10.8 Å². The van der Waals surface area contributed by atoms with Gasteiger partial charge in [0.1, 0.15) is 0 Å². The van der Waals surface area contributed by atoms with Gasteiger partial charge in [0.2, 0.25) is 0 Å². The highest BCUT2D eigenvalue weighted by molar-refractivity contribution is 7.09. The normalized spacial score (nSPS) is 10.4. The van der Waals surface area contributed by atoms with Gasteiger partial charge in [0.15, 0.2) is 0 Å². The maximum Gasteiger partial charge on any atom is 0.0320 e. The Morgan fingerprint density at radius 3 is 2.80 bits per heavy atom. The van der Waals surface area contributed by atoms with Gasteiger partial charge in [-0.2, -0.15) is 11.3 Å². The number of thiophene rings is 1. The third kappa shape index (κ3) is 0.772. The number of fused-ring (bicyclic) bond motifs is 1. The van der Waals surface area contributed by atoms with Gasteiger partial charge >= 0.3 is 0 Å². The molecule has 0 amide bonds. The quantitative estimate of drug-likeness (QED) is 0.572. The van der Waals surface area contributed by atoms with E-state index >= 15 is 0 Å². The molecule has 0 atom stereocenters. The average Bonchev–Trinajstić information content (AvgIpc) is 2.33. The van der Waals surface area contributed by atoms with Crippen LogP contribution in [0.4, 0.5) is 5.69 Å². The predicted octanol–water partition coefficient (Wildman–Crippen LogP) is 2.48. The van der Waals surface area contributed by atoms with Crippen LogP contribution in [0.5, 0.6) is 0 Å². The topological polar surface area (TPSA) is 26.0 Å². The van der Waals surface area contributed by atoms with Crippen LogP contribution in [0.2, 0.25) is 0 Å². The van der Waals surface area contributed by atoms with Crippen molar-refractivity contribution in [1.29, 1.82) is 0 Å². The lowest BCUT2D eigenvalue weighted by molar-refractivity contribution is 1.78. The van der Waals surface area contributed by atoms with Gasteiger partial charge in [-0.3, -0.25) is 0 Å². The molecule has 1 aromatic heterocycles. The van der Waals surface area contributed by atoms with Crippen molar-refractivity contribution >= 4 is 27.8 Å². The van der Waals surface area contributed by atoms with Crippen LogP contribution in [-0.2, 0) is 0 Å². The molecule has 0 aliphatic heterocycles. The van der Waals surface area contributed by atoms with E-state index in [1.54, 1.807) is 11.3 Å². The summed E-state index contributed by atoms with van der Waals surface area (Å²) in [6.07, 6.45) is 0. The summed E-state index contributed by atoms with van der Waals surface area (Å²) in [5.74, 6) is 0. The second-order valence-electron chi connectivity index (χ2n) is 2.26. The first-order valence-electron chi connectivity index (χ1n) is 3.08. The Morgan fingerprint density at radius 1 is 1.10 bits per heavy atom. The number of nitrogen functional groups attached to an aromatic ring is 1. The Morgan fingerprint density at radius 2 is 1.90 bits per heavy atom. The van der Waals surface area contributed by atoms with Crippen LogP contribution in [-0.4, -0.2) is 0 Å². The number of nitrogens with two attached hydrogens (primary N) is 1. The van der Waals surface area contributed by atoms with Gasteiger partial charge in [-0.05, 0) is 33.7 Å². The monoisotopic (exact) mass is 149 g/mol. The van der Waals surface area contributed by atoms with Crippen molar-refractivity contribution in [3.05, 3.63) is 29.0 Å². The largest absolute Gasteiger partial charge is 0.399 e. The molecule has 0 saturated carbocycles. The Hall–Kier alpha value is -1.02. The number of hydrogen-bond acceptors (Lipinski definition) is 2. The van der Waals surface area contributed by atoms with E-state index in [-0.39, 0.29) is 0 Å². The van der Waals surface area contributed by atoms with Gasteiger partial charge in [-0.1, -0.05) is 6.07 Å². The third-order valence-electron chi connectivity index (χ3n) is 1.50. The first kappa shape index (κ1) is 5.74. The molecule has 0 aliphatic carbocycles. The van der Waals surface area contributed by atoms with E-state index in [0.29, 0.717) is 0 Å². The molecule has 0 spiro atoms. The standard InChI is InChI=1S/C8H7NS/c9-8-2-1-6-4-10-5-7(6)3-8/h1-5H,9H2. The van der Waals surface area contributed by atoms with Crippen LogP contribution < -0.4 is 5.73 Å². The molecule has 0 unspecified atom stereocenters. The van der Waals surface area contributed by atoms with Gasteiger partial charge in [0.05, 0.1) is 0 Å². The Labute approximate surface area is 63.1 Å². The van der Waals surface area contributed by atoms with Crippen LogP contribution in [0.15, 0.2) is 29.0 Å². The number of hydrogen-bond donors (Lipinski definition) is 1. The van der Waals surface area contributed by atoms with Crippen molar-refractivity contribution in [3.8, 4) is 0 Å². The summed E-state index contributed by atoms with van der Waals surface area (Å²) in [5.41, 5.74) is 6.43. The maximum atomic E-state index is 5.59. The Balaban J connectivity index is 2.86. The predicted molar refractivity (Wildman–Crippen MR) is 46.2 cm³/mol. The van der Waals surface area contributed by atoms with Crippen LogP contribution >= 0.6 is 11.3 Å². The van der Waals surface area contributed by atoms with Crippen LogP contribution in [0, 0.1) is 0 Å². The molecule has 50 valence electrons. The van der Waals surface area contributed by atoms with E-state index < -0.39 is 0 Å². The molecule has 1 aromatic carbocycles. The lowest BCUT2D eigenvalue weighted by Gasteiger charge is -1.90. The highest BCUT2D eigenvalue weighted by Gasteiger charge is 1.92. The van der Waals surface area contributed by atoms with E-state index in [2.05, 4.69) is 10.8 Å². The summed E-state index contributed by atoms with van der Waals surface area (Å²) in [6.45, 7) is 0. The van der Waals surface area contributed by atoms with Crippen LogP contribution in [0.25, 0.3) is 10.8 Å². The molecule has 0 radical (unpaired) electrons. The minimum Gasteiger partial charge on any atom is -0.399 e. The summed E-state index contributed by atoms with van der Waals surface area (Å²) >= 11 is 1.71. The smallest absolute Gasteiger partial charge is 0.0320 e. The van der Waals surface area contributed by atoms with E-state index in [1.807, 2.05) is 18.2 Å². The minimum absolute atomic E-state index is 0.839. The molecule has 0 fully saturated rings. The zero-order valence-electron chi connectivity index (χ0n) is 5.37. The highest BCUT2D eigenvalue weighted by Crippen LogP contribution is 2.20. The SMILES string of the molecule is Nc1ccc2cscc2c1. The van der Waals surface area contributed by atoms with Crippen molar-refractivity contribution in [3.63, 3.8) is 0 Å². The lowest BCUT2D eigenvalue weighted by atomic mass is 10.2. The van der Waals surface area contributed by atoms with Crippen molar-refractivity contribution < 1.29 is 0 Å². The summed E-state index contributed by atoms with van der Waals surface area (Å²) in [4.78, 5) is 0. The fourth-order valence-corrected chi connectivity index (χ4v) is 1.76. The number of benzene rings is 1. The van der Waals surface area contributed by atoms with Crippen LogP contribution in [0.1, 0.15) is 0 Å². The molecular formula is C8H7NS. The fraction of sp³-hybridized carbons (Fsp3) is 0. The summed E-state index contributed by atoms with van der Waals surface area (Å²) < 4.78 is 0. The van der Waals surface area contributed by atoms with Gasteiger partial charge < -0.3 is 5.73 Å². The second kappa shape index (κ2) is 1.99. The summed E-state index contributed by atoms with van der Waals surface area (Å²) in [5, 5.41) is 6.74. The van der Waals surface area contributed by atoms with Crippen molar-refractivity contribution in [2.75, 3.05) is 5.73 Å². The molecule has 2 rings (SSSR count). The Bertz CT molecular complexity index is 351. The first-order valence-corrected chi connectivity index (χ1v) is 4.02. The molecule has 2 aromatic rings. The van der Waals surface area contributed by atoms with Gasteiger partial charge in [0, 0.05) is 5.69 Å². The zero-order chi connectivity index (χ0) is 6.97. The van der Waals surface area contributed by atoms with Crippen molar-refractivity contribution in [2.24, 2.45) is 0 Å². The molecule has 0 bridgehead atoms. The Kier molecular flexibility index (Phi) is 1.14. The van der Waals surface area contributed by atoms with E-state index in [0.717, 1.165) is 5.69 Å². The first-order chi connectivity index (χ1) is 4.86. The molecule has 1 nitrogen and oxygen atoms in total. The number of rotatable bonds is 0. The molecule has 10 heavy (non-hydrogen) atoms. The summed E-state index contributed by atoms with van der Waals surface area (Å²) in [7, 11) is 0. The average molecular weight is 149 g/mol. The molecule has 0 saturated heterocycles. The lowest BCUT2D eigenvalue weighted by Crippen LogP contribution is -1.80. The van der Waals surface area contributed by atoms with Gasteiger partial charge in [-0.15, -0.1) is 0 Å². The molecular weight excluding hydrogens is 142 g/mol. The number of anilines is 1. The minimum atomic E-state index is 0.839.